The largest absolute Gasteiger partial charge is 0.355 e. The summed E-state index contributed by atoms with van der Waals surface area (Å²) in [5.74, 6) is 1.52. The minimum Gasteiger partial charge on any atom is -0.355 e. The van der Waals surface area contributed by atoms with Crippen LogP contribution in [-0.2, 0) is 5.41 Å². The number of fused-ring (bicyclic) bond motifs is 2. The van der Waals surface area contributed by atoms with Crippen molar-refractivity contribution in [3.63, 3.8) is 0 Å². The highest BCUT2D eigenvalue weighted by atomic mass is 35.5. The summed E-state index contributed by atoms with van der Waals surface area (Å²) in [5.41, 5.74) is 3.84. The van der Waals surface area contributed by atoms with Gasteiger partial charge < -0.3 is 4.90 Å². The number of piperidine rings is 1. The van der Waals surface area contributed by atoms with Crippen molar-refractivity contribution in [2.45, 2.75) is 32.1 Å². The lowest BCUT2D eigenvalue weighted by molar-refractivity contribution is 0.101. The zero-order valence-corrected chi connectivity index (χ0v) is 20.3. The second-order valence-electron chi connectivity index (χ2n) is 9.57. The van der Waals surface area contributed by atoms with Crippen LogP contribution in [0.25, 0.3) is 22.4 Å². The Balaban J connectivity index is 1.28. The summed E-state index contributed by atoms with van der Waals surface area (Å²) in [5, 5.41) is 7.85. The van der Waals surface area contributed by atoms with Crippen LogP contribution in [-0.4, -0.2) is 39.0 Å². The Morgan fingerprint density at radius 2 is 2.09 bits per heavy atom. The van der Waals surface area contributed by atoms with Crippen molar-refractivity contribution >= 4 is 34.4 Å². The van der Waals surface area contributed by atoms with Gasteiger partial charge in [-0.3, -0.25) is 9.89 Å². The molecule has 1 saturated heterocycles. The Hall–Kier alpha value is -3.32. The first-order valence-electron chi connectivity index (χ1n) is 12.0. The molecule has 8 heteroatoms. The normalized spacial score (nSPS) is 23.4. The Morgan fingerprint density at radius 3 is 2.83 bits per heavy atom. The van der Waals surface area contributed by atoms with Crippen molar-refractivity contribution in [1.29, 1.82) is 0 Å². The maximum Gasteiger partial charge on any atom is 0.202 e. The Bertz CT molecular complexity index is 1470. The van der Waals surface area contributed by atoms with Gasteiger partial charge in [-0.05, 0) is 49.3 Å². The van der Waals surface area contributed by atoms with Gasteiger partial charge in [0.1, 0.15) is 17.2 Å². The molecule has 1 N–H and O–H groups in total. The molecule has 0 bridgehead atoms. The minimum absolute atomic E-state index is 0.0427. The van der Waals surface area contributed by atoms with Crippen LogP contribution in [0.3, 0.4) is 0 Å². The molecule has 1 aliphatic carbocycles. The minimum atomic E-state index is -0.101. The number of hydrogen-bond donors (Lipinski definition) is 1. The van der Waals surface area contributed by atoms with E-state index in [4.69, 9.17) is 16.6 Å². The number of halogens is 2. The van der Waals surface area contributed by atoms with E-state index < -0.39 is 0 Å². The van der Waals surface area contributed by atoms with Gasteiger partial charge in [-0.2, -0.15) is 5.10 Å². The predicted molar refractivity (Wildman–Crippen MR) is 134 cm³/mol. The van der Waals surface area contributed by atoms with Crippen molar-refractivity contribution in [2.24, 2.45) is 11.8 Å². The van der Waals surface area contributed by atoms with E-state index in [9.17, 15) is 9.18 Å². The van der Waals surface area contributed by atoms with Crippen LogP contribution < -0.4 is 4.90 Å². The predicted octanol–water partition coefficient (Wildman–Crippen LogP) is 5.82. The van der Waals surface area contributed by atoms with Crippen LogP contribution in [0.5, 0.6) is 0 Å². The molecule has 0 amide bonds. The second-order valence-corrected chi connectivity index (χ2v) is 9.98. The molecule has 1 aliphatic heterocycles. The molecule has 2 aromatic carbocycles. The molecule has 0 unspecified atom stereocenters. The number of H-pyrrole nitrogens is 1. The van der Waals surface area contributed by atoms with E-state index in [0.29, 0.717) is 39.3 Å². The van der Waals surface area contributed by atoms with Gasteiger partial charge in [-0.15, -0.1) is 0 Å². The fraction of sp³-hybridized carbons (Fsp3) is 0.333. The highest BCUT2D eigenvalue weighted by molar-refractivity contribution is 6.34. The Kier molecular flexibility index (Phi) is 5.14. The van der Waals surface area contributed by atoms with Crippen LogP contribution in [0.15, 0.2) is 48.7 Å². The average molecular weight is 490 g/mol. The topological polar surface area (TPSA) is 74.8 Å². The smallest absolute Gasteiger partial charge is 0.202 e. The molecule has 178 valence electrons. The number of nitrogens with zero attached hydrogens (tertiary/aromatic N) is 4. The van der Waals surface area contributed by atoms with Crippen LogP contribution in [0.2, 0.25) is 5.02 Å². The molecular formula is C27H25ClFN5O. The molecule has 3 heterocycles. The second kappa shape index (κ2) is 8.12. The molecule has 4 aromatic rings. The standard InChI is InChI=1S/C27H25ClFN5O/c1-3-27(19-6-4-5-7-22(19)29)18-10-11-34(14-20(18)27)23-13-30-25-24(32-33-26(25)31-23)17-9-8-16(15(2)35)12-21(17)28/h4-9,12-13,18,20H,3,10-11,14H2,1-2H3,(H,31,32,33)/t18-,20+,27-/m1/s1. The third kappa shape index (κ3) is 3.36. The van der Waals surface area contributed by atoms with Gasteiger partial charge in [0.05, 0.1) is 16.9 Å². The summed E-state index contributed by atoms with van der Waals surface area (Å²) in [4.78, 5) is 23.4. The fourth-order valence-electron chi connectivity index (χ4n) is 6.20. The number of benzene rings is 2. The molecule has 3 atom stereocenters. The molecule has 0 spiro atoms. The zero-order chi connectivity index (χ0) is 24.3. The summed E-state index contributed by atoms with van der Waals surface area (Å²) < 4.78 is 14.7. The summed E-state index contributed by atoms with van der Waals surface area (Å²) >= 11 is 6.46. The summed E-state index contributed by atoms with van der Waals surface area (Å²) in [6.45, 7) is 5.35. The van der Waals surface area contributed by atoms with Crippen molar-refractivity contribution in [3.05, 3.63) is 70.6 Å². The first-order valence-corrected chi connectivity index (χ1v) is 12.3. The van der Waals surface area contributed by atoms with Gasteiger partial charge >= 0.3 is 0 Å². The fourth-order valence-corrected chi connectivity index (χ4v) is 6.48. The van der Waals surface area contributed by atoms with E-state index in [1.807, 2.05) is 12.1 Å². The van der Waals surface area contributed by atoms with E-state index in [1.54, 1.807) is 36.5 Å². The van der Waals surface area contributed by atoms with E-state index in [0.717, 1.165) is 42.9 Å². The maximum absolute atomic E-state index is 14.7. The third-order valence-corrected chi connectivity index (χ3v) is 8.32. The van der Waals surface area contributed by atoms with E-state index in [-0.39, 0.29) is 17.0 Å². The number of aromatic amines is 1. The highest BCUT2D eigenvalue weighted by Gasteiger charge is 2.65. The lowest BCUT2D eigenvalue weighted by Gasteiger charge is -2.26. The first kappa shape index (κ1) is 22.2. The molecule has 2 aromatic heterocycles. The number of nitrogens with one attached hydrogen (secondary N) is 1. The van der Waals surface area contributed by atoms with Gasteiger partial charge in [0.25, 0.3) is 0 Å². The average Bonchev–Trinajstić information content (AvgIpc) is 3.33. The Labute approximate surface area is 207 Å². The molecular weight excluding hydrogens is 465 g/mol. The molecule has 2 fully saturated rings. The molecule has 2 aliphatic rings. The molecule has 6 rings (SSSR count). The number of hydrogen-bond acceptors (Lipinski definition) is 5. The van der Waals surface area contributed by atoms with Crippen LogP contribution >= 0.6 is 11.6 Å². The van der Waals surface area contributed by atoms with Crippen molar-refractivity contribution in [3.8, 4) is 11.3 Å². The highest BCUT2D eigenvalue weighted by Crippen LogP contribution is 2.65. The number of carbonyl (C=O) groups is 1. The SMILES string of the molecule is CC[C@]1(c2ccccc2F)[C@@H]2CCN(c3cnc4c(-c5ccc(C(C)=O)cc5Cl)[nH]nc4n3)C[C@@H]21. The van der Waals surface area contributed by atoms with Crippen molar-refractivity contribution in [2.75, 3.05) is 18.0 Å². The van der Waals surface area contributed by atoms with E-state index >= 15 is 0 Å². The molecule has 35 heavy (non-hydrogen) atoms. The number of Topliss-reactive ketones (excluding diaryl/α,β-unsaturated/α-hetero) is 1. The quantitative estimate of drug-likeness (QED) is 0.357. The molecule has 1 saturated carbocycles. The summed E-state index contributed by atoms with van der Waals surface area (Å²) in [6.07, 6.45) is 3.70. The summed E-state index contributed by atoms with van der Waals surface area (Å²) in [6, 6.07) is 12.4. The molecule has 6 nitrogen and oxygen atoms in total. The third-order valence-electron chi connectivity index (χ3n) is 8.01. The van der Waals surface area contributed by atoms with Gasteiger partial charge in [-0.1, -0.05) is 48.9 Å². The zero-order valence-electron chi connectivity index (χ0n) is 19.6. The lowest BCUT2D eigenvalue weighted by Crippen LogP contribution is -2.32. The van der Waals surface area contributed by atoms with E-state index in [1.165, 1.54) is 6.92 Å². The van der Waals surface area contributed by atoms with Gasteiger partial charge in [0.15, 0.2) is 5.78 Å². The van der Waals surface area contributed by atoms with Crippen LogP contribution in [0.4, 0.5) is 10.2 Å². The number of carbonyl (C=O) groups excluding carboxylic acids is 1. The lowest BCUT2D eigenvalue weighted by atomic mass is 9.88. The number of anilines is 1. The van der Waals surface area contributed by atoms with Gasteiger partial charge in [-0.25, -0.2) is 14.4 Å². The van der Waals surface area contributed by atoms with Gasteiger partial charge in [0, 0.05) is 29.6 Å². The monoisotopic (exact) mass is 489 g/mol. The molecule has 0 radical (unpaired) electrons. The number of aromatic nitrogens is 4. The van der Waals surface area contributed by atoms with Gasteiger partial charge in [0.2, 0.25) is 5.65 Å². The van der Waals surface area contributed by atoms with Crippen LogP contribution in [0, 0.1) is 17.7 Å². The van der Waals surface area contributed by atoms with Crippen LogP contribution in [0.1, 0.15) is 42.6 Å². The van der Waals surface area contributed by atoms with Crippen molar-refractivity contribution < 1.29 is 9.18 Å². The van der Waals surface area contributed by atoms with E-state index in [2.05, 4.69) is 27.0 Å². The number of ketones is 1. The van der Waals surface area contributed by atoms with Crippen molar-refractivity contribution in [1.82, 2.24) is 20.2 Å². The maximum atomic E-state index is 14.7. The Morgan fingerprint density at radius 1 is 1.26 bits per heavy atom. The first-order chi connectivity index (χ1) is 16.9. The summed E-state index contributed by atoms with van der Waals surface area (Å²) in [7, 11) is 0. The number of rotatable bonds is 5.